The van der Waals surface area contributed by atoms with Crippen molar-refractivity contribution in [3.05, 3.63) is 68.1 Å². The van der Waals surface area contributed by atoms with Gasteiger partial charge in [0.05, 0.1) is 10.0 Å². The topological polar surface area (TPSA) is 0 Å². The lowest BCUT2D eigenvalue weighted by molar-refractivity contribution is 1.19. The molecule has 0 N–H and O–H groups in total. The molecular formula is C13H9BrCl2. The smallest absolute Gasteiger partial charge is 0.0595 e. The molecule has 0 fully saturated rings. The van der Waals surface area contributed by atoms with Gasteiger partial charge in [0.1, 0.15) is 0 Å². The minimum absolute atomic E-state index is 0.598. The van der Waals surface area contributed by atoms with Crippen molar-refractivity contribution in [1.82, 2.24) is 0 Å². The molecule has 82 valence electrons. The van der Waals surface area contributed by atoms with Crippen molar-refractivity contribution in [2.24, 2.45) is 0 Å². The minimum Gasteiger partial charge on any atom is -0.0827 e. The Labute approximate surface area is 113 Å². The third-order valence-corrected chi connectivity index (χ3v) is 3.57. The lowest BCUT2D eigenvalue weighted by Crippen LogP contribution is -1.87. The summed E-state index contributed by atoms with van der Waals surface area (Å²) in [6.07, 6.45) is 0.865. The van der Waals surface area contributed by atoms with E-state index < -0.39 is 0 Å². The largest absolute Gasteiger partial charge is 0.0827 e. The average molecular weight is 316 g/mol. The Morgan fingerprint density at radius 1 is 0.812 bits per heavy atom. The molecule has 0 aliphatic rings. The summed E-state index contributed by atoms with van der Waals surface area (Å²) in [4.78, 5) is 0. The van der Waals surface area contributed by atoms with Gasteiger partial charge in [-0.05, 0) is 41.8 Å². The van der Waals surface area contributed by atoms with Gasteiger partial charge in [-0.15, -0.1) is 0 Å². The average Bonchev–Trinajstić information content (AvgIpc) is 2.27. The highest BCUT2D eigenvalue weighted by atomic mass is 79.9. The van der Waals surface area contributed by atoms with E-state index in [1.165, 1.54) is 5.56 Å². The standard InChI is InChI=1S/C13H9BrCl2/c14-11-4-1-9(2-5-11)7-10-3-6-12(15)13(16)8-10/h1-6,8H,7H2. The van der Waals surface area contributed by atoms with E-state index in [-0.39, 0.29) is 0 Å². The van der Waals surface area contributed by atoms with Crippen molar-refractivity contribution in [3.8, 4) is 0 Å². The van der Waals surface area contributed by atoms with Crippen LogP contribution in [0.5, 0.6) is 0 Å². The maximum absolute atomic E-state index is 5.97. The van der Waals surface area contributed by atoms with Crippen LogP contribution in [0.15, 0.2) is 46.9 Å². The van der Waals surface area contributed by atoms with Gasteiger partial charge in [-0.1, -0.05) is 57.3 Å². The monoisotopic (exact) mass is 314 g/mol. The highest BCUT2D eigenvalue weighted by Gasteiger charge is 2.00. The van der Waals surface area contributed by atoms with Gasteiger partial charge in [-0.2, -0.15) is 0 Å². The first-order valence-corrected chi connectivity index (χ1v) is 6.38. The van der Waals surface area contributed by atoms with Gasteiger partial charge in [0.25, 0.3) is 0 Å². The molecule has 2 rings (SSSR count). The Balaban J connectivity index is 2.20. The lowest BCUT2D eigenvalue weighted by atomic mass is 10.1. The second-order valence-corrected chi connectivity index (χ2v) is 5.28. The molecule has 0 aliphatic heterocycles. The van der Waals surface area contributed by atoms with E-state index in [1.807, 2.05) is 30.3 Å². The Morgan fingerprint density at radius 3 is 2.06 bits per heavy atom. The van der Waals surface area contributed by atoms with Crippen molar-refractivity contribution >= 4 is 39.1 Å². The van der Waals surface area contributed by atoms with Crippen LogP contribution in [0.4, 0.5) is 0 Å². The third kappa shape index (κ3) is 3.00. The molecule has 0 radical (unpaired) electrons. The molecule has 0 atom stereocenters. The van der Waals surface area contributed by atoms with Crippen LogP contribution in [0.3, 0.4) is 0 Å². The Kier molecular flexibility index (Phi) is 3.91. The van der Waals surface area contributed by atoms with E-state index in [1.54, 1.807) is 0 Å². The van der Waals surface area contributed by atoms with Crippen LogP contribution in [0.1, 0.15) is 11.1 Å². The zero-order valence-corrected chi connectivity index (χ0v) is 11.5. The van der Waals surface area contributed by atoms with Crippen molar-refractivity contribution < 1.29 is 0 Å². The van der Waals surface area contributed by atoms with Gasteiger partial charge in [0, 0.05) is 4.47 Å². The summed E-state index contributed by atoms with van der Waals surface area (Å²) >= 11 is 15.2. The lowest BCUT2D eigenvalue weighted by Gasteiger charge is -2.04. The van der Waals surface area contributed by atoms with E-state index in [0.29, 0.717) is 10.0 Å². The zero-order chi connectivity index (χ0) is 11.5. The minimum atomic E-state index is 0.598. The van der Waals surface area contributed by atoms with Crippen LogP contribution >= 0.6 is 39.1 Å². The quantitative estimate of drug-likeness (QED) is 0.701. The number of benzene rings is 2. The molecule has 0 aliphatic carbocycles. The van der Waals surface area contributed by atoms with Crippen molar-refractivity contribution in [3.63, 3.8) is 0 Å². The van der Waals surface area contributed by atoms with Gasteiger partial charge >= 0.3 is 0 Å². The SMILES string of the molecule is Clc1ccc(Cc2ccc(Br)cc2)cc1Cl. The Morgan fingerprint density at radius 2 is 1.44 bits per heavy atom. The van der Waals surface area contributed by atoms with Gasteiger partial charge in [-0.3, -0.25) is 0 Å². The molecule has 3 heteroatoms. The number of rotatable bonds is 2. The molecule has 0 aromatic heterocycles. The van der Waals surface area contributed by atoms with Crippen molar-refractivity contribution in [1.29, 1.82) is 0 Å². The highest BCUT2D eigenvalue weighted by molar-refractivity contribution is 9.10. The first-order valence-electron chi connectivity index (χ1n) is 4.83. The number of hydrogen-bond donors (Lipinski definition) is 0. The van der Waals surface area contributed by atoms with Crippen LogP contribution in [0.25, 0.3) is 0 Å². The van der Waals surface area contributed by atoms with E-state index in [2.05, 4.69) is 28.1 Å². The van der Waals surface area contributed by atoms with Gasteiger partial charge in [0.15, 0.2) is 0 Å². The highest BCUT2D eigenvalue weighted by Crippen LogP contribution is 2.24. The maximum atomic E-state index is 5.97. The molecule has 2 aromatic rings. The summed E-state index contributed by atoms with van der Waals surface area (Å²) in [5.74, 6) is 0. The fraction of sp³-hybridized carbons (Fsp3) is 0.0769. The summed E-state index contributed by atoms with van der Waals surface area (Å²) in [7, 11) is 0. The molecule has 0 unspecified atom stereocenters. The summed E-state index contributed by atoms with van der Waals surface area (Å²) in [5.41, 5.74) is 2.42. The summed E-state index contributed by atoms with van der Waals surface area (Å²) in [5, 5.41) is 1.21. The second-order valence-electron chi connectivity index (χ2n) is 3.55. The van der Waals surface area contributed by atoms with Crippen LogP contribution in [-0.2, 0) is 6.42 Å². The predicted molar refractivity (Wildman–Crippen MR) is 73.4 cm³/mol. The van der Waals surface area contributed by atoms with Crippen LogP contribution < -0.4 is 0 Å². The zero-order valence-electron chi connectivity index (χ0n) is 8.38. The van der Waals surface area contributed by atoms with Crippen LogP contribution in [0.2, 0.25) is 10.0 Å². The molecule has 0 saturated carbocycles. The normalized spacial score (nSPS) is 10.4. The summed E-state index contributed by atoms with van der Waals surface area (Å²) < 4.78 is 1.09. The van der Waals surface area contributed by atoms with E-state index >= 15 is 0 Å². The summed E-state index contributed by atoms with van der Waals surface area (Å²) in [6, 6.07) is 14.0. The van der Waals surface area contributed by atoms with Gasteiger partial charge in [0.2, 0.25) is 0 Å². The molecular weight excluding hydrogens is 307 g/mol. The van der Waals surface area contributed by atoms with E-state index in [4.69, 9.17) is 23.2 Å². The fourth-order valence-electron chi connectivity index (χ4n) is 1.49. The molecule has 16 heavy (non-hydrogen) atoms. The number of halogens is 3. The molecule has 0 amide bonds. The molecule has 0 heterocycles. The second kappa shape index (κ2) is 5.22. The molecule has 0 bridgehead atoms. The first kappa shape index (κ1) is 12.0. The van der Waals surface area contributed by atoms with Gasteiger partial charge in [-0.25, -0.2) is 0 Å². The van der Waals surface area contributed by atoms with Crippen molar-refractivity contribution in [2.45, 2.75) is 6.42 Å². The molecule has 0 spiro atoms. The Hall–Kier alpha value is -0.500. The molecule has 0 saturated heterocycles. The molecule has 0 nitrogen and oxygen atoms in total. The van der Waals surface area contributed by atoms with Crippen LogP contribution in [-0.4, -0.2) is 0 Å². The van der Waals surface area contributed by atoms with Gasteiger partial charge < -0.3 is 0 Å². The third-order valence-electron chi connectivity index (χ3n) is 2.31. The predicted octanol–water partition coefficient (Wildman–Crippen LogP) is 5.35. The first-order chi connectivity index (χ1) is 7.65. The maximum Gasteiger partial charge on any atom is 0.0595 e. The van der Waals surface area contributed by atoms with E-state index in [0.717, 1.165) is 16.5 Å². The van der Waals surface area contributed by atoms with Crippen molar-refractivity contribution in [2.75, 3.05) is 0 Å². The summed E-state index contributed by atoms with van der Waals surface area (Å²) in [6.45, 7) is 0. The van der Waals surface area contributed by atoms with Crippen LogP contribution in [0, 0.1) is 0 Å². The molecule has 2 aromatic carbocycles. The van der Waals surface area contributed by atoms with E-state index in [9.17, 15) is 0 Å². The Bertz CT molecular complexity index is 492. The number of hydrogen-bond acceptors (Lipinski definition) is 0. The fourth-order valence-corrected chi connectivity index (χ4v) is 2.07.